The summed E-state index contributed by atoms with van der Waals surface area (Å²) in [7, 11) is 0. The minimum atomic E-state index is -0.0314. The average Bonchev–Trinajstić information content (AvgIpc) is 2.69. The fourth-order valence-corrected chi connectivity index (χ4v) is 1.73. The van der Waals surface area contributed by atoms with Crippen molar-refractivity contribution >= 4 is 23.0 Å². The fraction of sp³-hybridized carbons (Fsp3) is 0.231. The van der Waals surface area contributed by atoms with Gasteiger partial charge in [-0.15, -0.1) is 0 Å². The maximum Gasteiger partial charge on any atom is 0.165 e. The average molecular weight is 215 g/mol. The van der Waals surface area contributed by atoms with E-state index in [1.807, 2.05) is 19.9 Å². The molecule has 0 bridgehead atoms. The Kier molecular flexibility index (Phi) is 2.60. The van der Waals surface area contributed by atoms with Gasteiger partial charge in [0.15, 0.2) is 12.1 Å². The summed E-state index contributed by atoms with van der Waals surface area (Å²) in [6.07, 6.45) is 2.45. The molecule has 0 spiro atoms. The lowest BCUT2D eigenvalue weighted by molar-refractivity contribution is 0.0939. The molecule has 16 heavy (non-hydrogen) atoms. The quantitative estimate of drug-likeness (QED) is 0.632. The van der Waals surface area contributed by atoms with E-state index in [1.54, 1.807) is 18.3 Å². The van der Waals surface area contributed by atoms with Crippen LogP contribution in [0.2, 0.25) is 0 Å². The second-order valence-corrected chi connectivity index (χ2v) is 4.14. The zero-order valence-electron chi connectivity index (χ0n) is 9.28. The number of carbonyl (C=O) groups is 2. The lowest BCUT2D eigenvalue weighted by atomic mass is 9.99. The van der Waals surface area contributed by atoms with Gasteiger partial charge in [0.25, 0.3) is 0 Å². The molecule has 0 aliphatic heterocycles. The summed E-state index contributed by atoms with van der Waals surface area (Å²) in [6.45, 7) is 3.73. The number of Topliss-reactive ketones (excluding diaryl/α,β-unsaturated/α-hetero) is 1. The van der Waals surface area contributed by atoms with Gasteiger partial charge in [-0.1, -0.05) is 13.8 Å². The Morgan fingerprint density at radius 3 is 2.75 bits per heavy atom. The predicted molar refractivity (Wildman–Crippen MR) is 62.9 cm³/mol. The molecular formula is C13H13NO2. The summed E-state index contributed by atoms with van der Waals surface area (Å²) >= 11 is 0. The van der Waals surface area contributed by atoms with Crippen LogP contribution in [-0.2, 0) is 0 Å². The number of fused-ring (bicyclic) bond motifs is 1. The lowest BCUT2D eigenvalue weighted by Crippen LogP contribution is -2.06. The zero-order chi connectivity index (χ0) is 11.7. The van der Waals surface area contributed by atoms with Crippen molar-refractivity contribution in [2.75, 3.05) is 0 Å². The van der Waals surface area contributed by atoms with Crippen LogP contribution in [0, 0.1) is 5.92 Å². The van der Waals surface area contributed by atoms with Crippen molar-refractivity contribution in [2.45, 2.75) is 13.8 Å². The van der Waals surface area contributed by atoms with Crippen LogP contribution in [0.3, 0.4) is 0 Å². The van der Waals surface area contributed by atoms with Gasteiger partial charge < -0.3 is 4.98 Å². The van der Waals surface area contributed by atoms with E-state index in [0.29, 0.717) is 11.1 Å². The molecule has 0 fully saturated rings. The molecule has 0 radical (unpaired) electrons. The molecular weight excluding hydrogens is 202 g/mol. The third-order valence-corrected chi connectivity index (χ3v) is 2.65. The van der Waals surface area contributed by atoms with Crippen molar-refractivity contribution in [1.29, 1.82) is 0 Å². The first-order chi connectivity index (χ1) is 7.63. The van der Waals surface area contributed by atoms with Crippen molar-refractivity contribution in [3.63, 3.8) is 0 Å². The Hall–Kier alpha value is -1.90. The highest BCUT2D eigenvalue weighted by Crippen LogP contribution is 2.20. The van der Waals surface area contributed by atoms with Crippen LogP contribution in [0.15, 0.2) is 24.4 Å². The van der Waals surface area contributed by atoms with Crippen molar-refractivity contribution in [3.8, 4) is 0 Å². The van der Waals surface area contributed by atoms with Gasteiger partial charge in [0.05, 0.1) is 0 Å². The third kappa shape index (κ3) is 1.65. The van der Waals surface area contributed by atoms with Crippen molar-refractivity contribution < 1.29 is 9.59 Å². The maximum absolute atomic E-state index is 11.8. The van der Waals surface area contributed by atoms with Gasteiger partial charge in [-0.2, -0.15) is 0 Å². The summed E-state index contributed by atoms with van der Waals surface area (Å²) in [5.74, 6) is 0.0658. The minimum Gasteiger partial charge on any atom is -0.360 e. The zero-order valence-corrected chi connectivity index (χ0v) is 9.28. The number of nitrogens with one attached hydrogen (secondary N) is 1. The molecule has 0 atom stereocenters. The van der Waals surface area contributed by atoms with Gasteiger partial charge in [0.1, 0.15) is 0 Å². The molecule has 1 aromatic carbocycles. The van der Waals surface area contributed by atoms with Crippen molar-refractivity contribution in [1.82, 2.24) is 4.98 Å². The monoisotopic (exact) mass is 215 g/mol. The van der Waals surface area contributed by atoms with Crippen LogP contribution in [0.5, 0.6) is 0 Å². The second-order valence-electron chi connectivity index (χ2n) is 4.14. The summed E-state index contributed by atoms with van der Waals surface area (Å²) in [5.41, 5.74) is 2.13. The predicted octanol–water partition coefficient (Wildman–Crippen LogP) is 2.82. The van der Waals surface area contributed by atoms with Crippen LogP contribution < -0.4 is 0 Å². The molecule has 3 nitrogen and oxygen atoms in total. The van der Waals surface area contributed by atoms with Gasteiger partial charge in [-0.25, -0.2) is 0 Å². The van der Waals surface area contributed by atoms with Crippen LogP contribution in [0.25, 0.3) is 10.9 Å². The molecule has 0 aliphatic rings. The van der Waals surface area contributed by atoms with Gasteiger partial charge in [0, 0.05) is 34.1 Å². The number of H-pyrrole nitrogens is 1. The lowest BCUT2D eigenvalue weighted by Gasteiger charge is -2.04. The Labute approximate surface area is 93.5 Å². The molecule has 2 rings (SSSR count). The number of hydrogen-bond acceptors (Lipinski definition) is 2. The molecule has 0 unspecified atom stereocenters. The molecule has 0 amide bonds. The number of aromatic amines is 1. The number of benzene rings is 1. The molecule has 1 heterocycles. The molecule has 82 valence electrons. The van der Waals surface area contributed by atoms with Crippen LogP contribution in [-0.4, -0.2) is 17.1 Å². The van der Waals surface area contributed by atoms with Gasteiger partial charge in [0.2, 0.25) is 0 Å². The molecule has 0 saturated carbocycles. The maximum atomic E-state index is 11.8. The first-order valence-electron chi connectivity index (χ1n) is 5.24. The minimum absolute atomic E-state index is 0.0314. The highest BCUT2D eigenvalue weighted by Gasteiger charge is 2.12. The van der Waals surface area contributed by atoms with E-state index in [4.69, 9.17) is 0 Å². The van der Waals surface area contributed by atoms with E-state index in [0.717, 1.165) is 17.2 Å². The van der Waals surface area contributed by atoms with Gasteiger partial charge >= 0.3 is 0 Å². The smallest absolute Gasteiger partial charge is 0.165 e. The van der Waals surface area contributed by atoms with E-state index in [9.17, 15) is 9.59 Å². The van der Waals surface area contributed by atoms with E-state index < -0.39 is 0 Å². The summed E-state index contributed by atoms with van der Waals surface area (Å²) in [6, 6.07) is 5.39. The van der Waals surface area contributed by atoms with E-state index >= 15 is 0 Å². The molecule has 3 heteroatoms. The largest absolute Gasteiger partial charge is 0.360 e. The Bertz CT molecular complexity index is 552. The standard InChI is InChI=1S/C13H13NO2/c1-8(2)13(16)9-3-4-12-11(5-9)10(7-15)6-14-12/h3-8,14H,1-2H3. The number of carbonyl (C=O) groups excluding carboxylic acids is 2. The number of aromatic nitrogens is 1. The Morgan fingerprint density at radius 2 is 2.12 bits per heavy atom. The number of hydrogen-bond donors (Lipinski definition) is 1. The van der Waals surface area contributed by atoms with Crippen LogP contribution >= 0.6 is 0 Å². The van der Waals surface area contributed by atoms with Gasteiger partial charge in [-0.3, -0.25) is 9.59 Å². The fourth-order valence-electron chi connectivity index (χ4n) is 1.73. The molecule has 0 aliphatic carbocycles. The first kappa shape index (κ1) is 10.6. The Balaban J connectivity index is 2.57. The number of rotatable bonds is 3. The number of aldehydes is 1. The first-order valence-corrected chi connectivity index (χ1v) is 5.24. The van der Waals surface area contributed by atoms with Gasteiger partial charge in [-0.05, 0) is 18.2 Å². The van der Waals surface area contributed by atoms with Crippen molar-refractivity contribution in [2.24, 2.45) is 5.92 Å². The third-order valence-electron chi connectivity index (χ3n) is 2.65. The molecule has 2 aromatic rings. The van der Waals surface area contributed by atoms with E-state index in [-0.39, 0.29) is 11.7 Å². The van der Waals surface area contributed by atoms with Crippen LogP contribution in [0.4, 0.5) is 0 Å². The number of ketones is 1. The topological polar surface area (TPSA) is 49.9 Å². The summed E-state index contributed by atoms with van der Waals surface area (Å²) in [5, 5.41) is 0.807. The normalized spacial score (nSPS) is 10.9. The highest BCUT2D eigenvalue weighted by atomic mass is 16.1. The molecule has 1 N–H and O–H groups in total. The van der Waals surface area contributed by atoms with E-state index in [2.05, 4.69) is 4.98 Å². The highest BCUT2D eigenvalue weighted by molar-refractivity contribution is 6.04. The molecule has 0 saturated heterocycles. The van der Waals surface area contributed by atoms with E-state index in [1.165, 1.54) is 0 Å². The SMILES string of the molecule is CC(C)C(=O)c1ccc2[nH]cc(C=O)c2c1. The molecule has 1 aromatic heterocycles. The Morgan fingerprint density at radius 1 is 1.38 bits per heavy atom. The summed E-state index contributed by atoms with van der Waals surface area (Å²) in [4.78, 5) is 25.6. The summed E-state index contributed by atoms with van der Waals surface area (Å²) < 4.78 is 0. The van der Waals surface area contributed by atoms with Crippen LogP contribution in [0.1, 0.15) is 34.6 Å². The van der Waals surface area contributed by atoms with Crippen molar-refractivity contribution in [3.05, 3.63) is 35.5 Å². The second kappa shape index (κ2) is 3.93.